The average Bonchev–Trinajstić information content (AvgIpc) is 3.22. The van der Waals surface area contributed by atoms with Crippen LogP contribution in [0.2, 0.25) is 0 Å². The first-order valence-electron chi connectivity index (χ1n) is 11.9. The molecule has 6 nitrogen and oxygen atoms in total. The second-order valence-electron chi connectivity index (χ2n) is 9.07. The Morgan fingerprint density at radius 2 is 1.87 bits per heavy atom. The van der Waals surface area contributed by atoms with Crippen LogP contribution in [0.15, 0.2) is 18.2 Å². The molecular weight excluding hydrogens is 396 g/mol. The summed E-state index contributed by atoms with van der Waals surface area (Å²) in [4.78, 5) is 0. The molecule has 0 spiro atoms. The van der Waals surface area contributed by atoms with Gasteiger partial charge < -0.3 is 28.8 Å². The van der Waals surface area contributed by atoms with Crippen molar-refractivity contribution in [2.24, 2.45) is 0 Å². The Balaban J connectivity index is 1.70. The summed E-state index contributed by atoms with van der Waals surface area (Å²) in [6, 6.07) is 6.35. The molecule has 0 saturated carbocycles. The molecule has 0 radical (unpaired) electrons. The molecule has 1 N–H and O–H groups in total. The number of ether oxygens (including phenoxy) is 5. The zero-order valence-corrected chi connectivity index (χ0v) is 19.8. The zero-order valence-electron chi connectivity index (χ0n) is 19.8. The van der Waals surface area contributed by atoms with E-state index in [0.717, 1.165) is 50.0 Å². The lowest BCUT2D eigenvalue weighted by Gasteiger charge is -2.28. The van der Waals surface area contributed by atoms with Crippen LogP contribution >= 0.6 is 0 Å². The highest BCUT2D eigenvalue weighted by atomic mass is 16.8. The lowest BCUT2D eigenvalue weighted by atomic mass is 10.0. The van der Waals surface area contributed by atoms with E-state index in [1.807, 2.05) is 20.8 Å². The van der Waals surface area contributed by atoms with E-state index < -0.39 is 30.4 Å². The molecule has 0 unspecified atom stereocenters. The van der Waals surface area contributed by atoms with E-state index >= 15 is 0 Å². The second-order valence-corrected chi connectivity index (χ2v) is 9.07. The molecule has 2 aliphatic rings. The molecule has 31 heavy (non-hydrogen) atoms. The second kappa shape index (κ2) is 11.1. The van der Waals surface area contributed by atoms with E-state index in [4.69, 9.17) is 23.7 Å². The van der Waals surface area contributed by atoms with Gasteiger partial charge >= 0.3 is 0 Å². The fraction of sp³-hybridized carbons (Fsp3) is 0.760. The number of aliphatic hydroxyl groups excluding tert-OH is 1. The van der Waals surface area contributed by atoms with Gasteiger partial charge in [-0.2, -0.15) is 0 Å². The molecule has 2 fully saturated rings. The molecule has 0 bridgehead atoms. The van der Waals surface area contributed by atoms with E-state index in [0.29, 0.717) is 13.0 Å². The summed E-state index contributed by atoms with van der Waals surface area (Å²) < 4.78 is 30.3. The predicted molar refractivity (Wildman–Crippen MR) is 119 cm³/mol. The number of rotatable bonds is 12. The van der Waals surface area contributed by atoms with Crippen LogP contribution in [0.3, 0.4) is 0 Å². The molecule has 6 heteroatoms. The maximum absolute atomic E-state index is 10.5. The van der Waals surface area contributed by atoms with Crippen LogP contribution in [0.5, 0.6) is 5.75 Å². The largest absolute Gasteiger partial charge is 0.493 e. The van der Waals surface area contributed by atoms with E-state index in [1.165, 1.54) is 5.56 Å². The van der Waals surface area contributed by atoms with Gasteiger partial charge in [-0.25, -0.2) is 0 Å². The molecule has 2 heterocycles. The number of benzene rings is 1. The molecular formula is C25H40O6. The van der Waals surface area contributed by atoms with E-state index in [2.05, 4.69) is 32.0 Å². The Labute approximate surface area is 187 Å². The van der Waals surface area contributed by atoms with Gasteiger partial charge in [0.1, 0.15) is 24.1 Å². The lowest BCUT2D eigenvalue weighted by molar-refractivity contribution is -0.230. The number of aryl methyl sites for hydroxylation is 1. The third-order valence-corrected chi connectivity index (χ3v) is 5.95. The average molecular weight is 437 g/mol. The minimum Gasteiger partial charge on any atom is -0.493 e. The van der Waals surface area contributed by atoms with Crippen molar-refractivity contribution in [3.63, 3.8) is 0 Å². The van der Waals surface area contributed by atoms with Crippen molar-refractivity contribution in [2.75, 3.05) is 6.61 Å². The first-order valence-corrected chi connectivity index (χ1v) is 11.9. The number of fused-ring (bicyclic) bond motifs is 1. The van der Waals surface area contributed by atoms with Crippen molar-refractivity contribution >= 4 is 0 Å². The normalized spacial score (nSPS) is 27.9. The minimum absolute atomic E-state index is 0.356. The minimum atomic E-state index is -0.722. The Morgan fingerprint density at radius 3 is 2.58 bits per heavy atom. The number of aliphatic hydroxyl groups is 1. The molecule has 3 rings (SSSR count). The van der Waals surface area contributed by atoms with Crippen LogP contribution in [-0.4, -0.2) is 48.2 Å². The smallest absolute Gasteiger partial charge is 0.190 e. The van der Waals surface area contributed by atoms with E-state index in [-0.39, 0.29) is 6.10 Å². The third-order valence-electron chi connectivity index (χ3n) is 5.95. The molecule has 0 aromatic heterocycles. The molecule has 0 aliphatic carbocycles. The maximum Gasteiger partial charge on any atom is 0.190 e. The Kier molecular flexibility index (Phi) is 8.76. The Hall–Kier alpha value is -1.18. The summed E-state index contributed by atoms with van der Waals surface area (Å²) in [6.45, 7) is 11.2. The molecule has 5 atom stereocenters. The first kappa shape index (κ1) is 24.5. The molecule has 176 valence electrons. The lowest BCUT2D eigenvalue weighted by Crippen LogP contribution is -2.42. The summed E-state index contributed by atoms with van der Waals surface area (Å²) in [5, 5.41) is 10.5. The number of hydrogen-bond donors (Lipinski definition) is 1. The van der Waals surface area contributed by atoms with Gasteiger partial charge in [0.25, 0.3) is 0 Å². The fourth-order valence-corrected chi connectivity index (χ4v) is 4.15. The number of unbranched alkanes of at least 4 members (excludes halogenated alkanes) is 2. The van der Waals surface area contributed by atoms with Gasteiger partial charge in [-0.1, -0.05) is 45.7 Å². The van der Waals surface area contributed by atoms with Crippen molar-refractivity contribution in [3.05, 3.63) is 29.3 Å². The number of hydrogen-bond acceptors (Lipinski definition) is 6. The van der Waals surface area contributed by atoms with Crippen molar-refractivity contribution < 1.29 is 28.8 Å². The molecule has 2 saturated heterocycles. The molecule has 1 aromatic rings. The third kappa shape index (κ3) is 6.20. The topological polar surface area (TPSA) is 66.4 Å². The van der Waals surface area contributed by atoms with Crippen molar-refractivity contribution in [1.82, 2.24) is 0 Å². The van der Waals surface area contributed by atoms with Gasteiger partial charge in [-0.15, -0.1) is 0 Å². The highest BCUT2D eigenvalue weighted by Crippen LogP contribution is 2.40. The highest BCUT2D eigenvalue weighted by Gasteiger charge is 2.56. The summed E-state index contributed by atoms with van der Waals surface area (Å²) in [6.07, 6.45) is 3.67. The zero-order chi connectivity index (χ0) is 22.4. The molecule has 2 aliphatic heterocycles. The summed E-state index contributed by atoms with van der Waals surface area (Å²) in [5.74, 6) is 0.232. The van der Waals surface area contributed by atoms with Gasteiger partial charge in [0, 0.05) is 0 Å². The standard InChI is InChI=1S/C25H40O6/c1-6-9-11-18-13-12-17(15-20(18)27-14-10-7-2)16-28-22-21(19(26)8-3)29-24-23(22)30-25(4,5)31-24/h12-13,15,19,21-24,26H,6-11,14,16H2,1-5H3/t19-,21-,22+,23-,24-/m1/s1. The first-order chi connectivity index (χ1) is 14.9. The van der Waals surface area contributed by atoms with Crippen molar-refractivity contribution in [3.8, 4) is 5.75 Å². The van der Waals surface area contributed by atoms with Crippen LogP contribution in [0.1, 0.15) is 77.8 Å². The SMILES string of the molecule is CCCCOc1cc(CO[C@@H]2[C@H]3OC(C)(C)O[C@H]3O[C@@H]2[C@H](O)CC)ccc1CCCC. The van der Waals surface area contributed by atoms with Gasteiger partial charge in [0.15, 0.2) is 12.1 Å². The van der Waals surface area contributed by atoms with Gasteiger partial charge in [0.2, 0.25) is 0 Å². The molecule has 1 aromatic carbocycles. The summed E-state index contributed by atoms with van der Waals surface area (Å²) in [5.41, 5.74) is 2.29. The monoisotopic (exact) mass is 436 g/mol. The van der Waals surface area contributed by atoms with Crippen LogP contribution in [-0.2, 0) is 32.0 Å². The van der Waals surface area contributed by atoms with E-state index in [1.54, 1.807) is 0 Å². The van der Waals surface area contributed by atoms with Gasteiger partial charge in [0.05, 0.1) is 19.3 Å². The molecule has 0 amide bonds. The quantitative estimate of drug-likeness (QED) is 0.478. The van der Waals surface area contributed by atoms with Crippen molar-refractivity contribution in [1.29, 1.82) is 0 Å². The van der Waals surface area contributed by atoms with Gasteiger partial charge in [-0.3, -0.25) is 0 Å². The van der Waals surface area contributed by atoms with Crippen LogP contribution in [0.4, 0.5) is 0 Å². The summed E-state index contributed by atoms with van der Waals surface area (Å²) >= 11 is 0. The van der Waals surface area contributed by atoms with Crippen LogP contribution < -0.4 is 4.74 Å². The van der Waals surface area contributed by atoms with Crippen LogP contribution in [0.25, 0.3) is 0 Å². The van der Waals surface area contributed by atoms with Crippen LogP contribution in [0, 0.1) is 0 Å². The fourth-order valence-electron chi connectivity index (χ4n) is 4.15. The van der Waals surface area contributed by atoms with Gasteiger partial charge in [-0.05, 0) is 56.7 Å². The Bertz CT molecular complexity index is 691. The maximum atomic E-state index is 10.5. The predicted octanol–water partition coefficient (Wildman–Crippen LogP) is 4.74. The summed E-state index contributed by atoms with van der Waals surface area (Å²) in [7, 11) is 0. The van der Waals surface area contributed by atoms with Crippen molar-refractivity contribution in [2.45, 2.75) is 116 Å². The highest BCUT2D eigenvalue weighted by molar-refractivity contribution is 5.37. The van der Waals surface area contributed by atoms with E-state index in [9.17, 15) is 5.11 Å². The Morgan fingerprint density at radius 1 is 1.10 bits per heavy atom.